The van der Waals surface area contributed by atoms with Crippen molar-refractivity contribution in [2.75, 3.05) is 13.1 Å². The fourth-order valence-electron chi connectivity index (χ4n) is 3.01. The van der Waals surface area contributed by atoms with Gasteiger partial charge in [-0.05, 0) is 30.9 Å². The van der Waals surface area contributed by atoms with Crippen molar-refractivity contribution < 1.29 is 14.1 Å². The van der Waals surface area contributed by atoms with E-state index in [2.05, 4.69) is 34.3 Å². The van der Waals surface area contributed by atoms with Gasteiger partial charge < -0.3 is 19.5 Å². The van der Waals surface area contributed by atoms with E-state index in [0.717, 1.165) is 31.5 Å². The number of aromatic nitrogens is 3. The van der Waals surface area contributed by atoms with Gasteiger partial charge in [-0.15, -0.1) is 0 Å². The minimum atomic E-state index is -0.128. The van der Waals surface area contributed by atoms with Gasteiger partial charge in [0.25, 0.3) is 0 Å². The van der Waals surface area contributed by atoms with Crippen LogP contribution in [0.5, 0.6) is 0 Å². The average Bonchev–Trinajstić information content (AvgIpc) is 3.12. The summed E-state index contributed by atoms with van der Waals surface area (Å²) in [4.78, 5) is 22.8. The van der Waals surface area contributed by atoms with Gasteiger partial charge in [0.05, 0.1) is 24.9 Å². The molecule has 0 aliphatic carbocycles. The highest BCUT2D eigenvalue weighted by Gasteiger charge is 2.24. The Morgan fingerprint density at radius 1 is 1.44 bits per heavy atom. The van der Waals surface area contributed by atoms with Crippen molar-refractivity contribution in [3.63, 3.8) is 0 Å². The molecule has 27 heavy (non-hydrogen) atoms. The molecule has 3 rings (SSSR count). The molecule has 0 radical (unpaired) electrons. The molecule has 146 valence electrons. The van der Waals surface area contributed by atoms with Gasteiger partial charge in [-0.3, -0.25) is 4.98 Å². The maximum Gasteiger partial charge on any atom is 0.317 e. The second-order valence-electron chi connectivity index (χ2n) is 7.20. The number of hydrogen-bond donors (Lipinski definition) is 1. The van der Waals surface area contributed by atoms with Crippen LogP contribution in [0.15, 0.2) is 28.9 Å². The number of ether oxygens (including phenoxy) is 1. The molecule has 1 N–H and O–H groups in total. The van der Waals surface area contributed by atoms with Crippen LogP contribution in [0.3, 0.4) is 0 Å². The Balaban J connectivity index is 1.43. The van der Waals surface area contributed by atoms with Gasteiger partial charge in [0, 0.05) is 25.7 Å². The SMILES string of the molecule is CC(C)Cc1nc(CNC(=O)N2CCCC(OCc3ccccn3)C2)no1. The summed E-state index contributed by atoms with van der Waals surface area (Å²) in [5.74, 6) is 1.55. The Bertz CT molecular complexity index is 719. The van der Waals surface area contributed by atoms with Crippen LogP contribution >= 0.6 is 0 Å². The van der Waals surface area contributed by atoms with Crippen molar-refractivity contribution in [2.24, 2.45) is 5.92 Å². The van der Waals surface area contributed by atoms with Crippen LogP contribution in [-0.4, -0.2) is 45.2 Å². The van der Waals surface area contributed by atoms with Crippen LogP contribution in [0.4, 0.5) is 4.79 Å². The predicted octanol–water partition coefficient (Wildman–Crippen LogP) is 2.55. The van der Waals surface area contributed by atoms with Crippen molar-refractivity contribution in [2.45, 2.75) is 52.4 Å². The highest BCUT2D eigenvalue weighted by Crippen LogP contribution is 2.15. The number of piperidine rings is 1. The standard InChI is InChI=1S/C19H27N5O3/c1-14(2)10-18-22-17(23-27-18)11-21-19(25)24-9-5-7-16(12-24)26-13-15-6-3-4-8-20-15/h3-4,6,8,14,16H,5,7,9-13H2,1-2H3,(H,21,25). The lowest BCUT2D eigenvalue weighted by atomic mass is 10.1. The van der Waals surface area contributed by atoms with E-state index in [4.69, 9.17) is 9.26 Å². The fourth-order valence-corrected chi connectivity index (χ4v) is 3.01. The number of nitrogens with zero attached hydrogens (tertiary/aromatic N) is 4. The van der Waals surface area contributed by atoms with Crippen molar-refractivity contribution in [1.29, 1.82) is 0 Å². The summed E-state index contributed by atoms with van der Waals surface area (Å²) in [6, 6.07) is 5.63. The second-order valence-corrected chi connectivity index (χ2v) is 7.20. The third-order valence-electron chi connectivity index (χ3n) is 4.35. The Morgan fingerprint density at radius 2 is 2.33 bits per heavy atom. The molecular formula is C19H27N5O3. The van der Waals surface area contributed by atoms with Crippen LogP contribution < -0.4 is 5.32 Å². The average molecular weight is 373 g/mol. The van der Waals surface area contributed by atoms with E-state index in [1.54, 1.807) is 11.1 Å². The summed E-state index contributed by atoms with van der Waals surface area (Å²) in [6.45, 7) is 6.20. The fraction of sp³-hybridized carbons (Fsp3) is 0.579. The van der Waals surface area contributed by atoms with Crippen molar-refractivity contribution in [3.05, 3.63) is 41.8 Å². The lowest BCUT2D eigenvalue weighted by Gasteiger charge is -2.32. The third-order valence-corrected chi connectivity index (χ3v) is 4.35. The Morgan fingerprint density at radius 3 is 3.11 bits per heavy atom. The summed E-state index contributed by atoms with van der Waals surface area (Å²) in [5.41, 5.74) is 0.897. The molecule has 2 amide bonds. The molecule has 1 aliphatic heterocycles. The number of hydrogen-bond acceptors (Lipinski definition) is 6. The molecule has 1 atom stereocenters. The molecule has 2 aromatic rings. The number of nitrogens with one attached hydrogen (secondary N) is 1. The van der Waals surface area contributed by atoms with E-state index in [1.165, 1.54) is 0 Å². The first-order valence-electron chi connectivity index (χ1n) is 9.46. The zero-order chi connectivity index (χ0) is 19.1. The zero-order valence-corrected chi connectivity index (χ0v) is 15.9. The topological polar surface area (TPSA) is 93.4 Å². The van der Waals surface area contributed by atoms with Crippen LogP contribution in [0.2, 0.25) is 0 Å². The summed E-state index contributed by atoms with van der Waals surface area (Å²) >= 11 is 0. The number of carbonyl (C=O) groups is 1. The van der Waals surface area contributed by atoms with E-state index < -0.39 is 0 Å². The molecule has 1 saturated heterocycles. The van der Waals surface area contributed by atoms with Crippen molar-refractivity contribution in [3.8, 4) is 0 Å². The van der Waals surface area contributed by atoms with Gasteiger partial charge in [-0.2, -0.15) is 4.98 Å². The molecule has 8 heteroatoms. The van der Waals surface area contributed by atoms with Crippen LogP contribution in [0.25, 0.3) is 0 Å². The molecule has 2 aromatic heterocycles. The smallest absolute Gasteiger partial charge is 0.317 e. The first-order chi connectivity index (χ1) is 13.1. The van der Waals surface area contributed by atoms with Gasteiger partial charge in [0.15, 0.2) is 5.82 Å². The molecular weight excluding hydrogens is 346 g/mol. The maximum absolute atomic E-state index is 12.4. The summed E-state index contributed by atoms with van der Waals surface area (Å²) in [5, 5.41) is 6.78. The minimum Gasteiger partial charge on any atom is -0.370 e. The molecule has 1 unspecified atom stereocenters. The minimum absolute atomic E-state index is 0.0225. The van der Waals surface area contributed by atoms with E-state index in [-0.39, 0.29) is 18.7 Å². The van der Waals surface area contributed by atoms with Gasteiger partial charge in [0.1, 0.15) is 0 Å². The number of pyridine rings is 1. The summed E-state index contributed by atoms with van der Waals surface area (Å²) < 4.78 is 11.1. The molecule has 0 bridgehead atoms. The number of carbonyl (C=O) groups excluding carboxylic acids is 1. The highest BCUT2D eigenvalue weighted by molar-refractivity contribution is 5.74. The second kappa shape index (κ2) is 9.45. The normalized spacial score (nSPS) is 17.3. The molecule has 8 nitrogen and oxygen atoms in total. The maximum atomic E-state index is 12.4. The van der Waals surface area contributed by atoms with Gasteiger partial charge in [-0.25, -0.2) is 4.79 Å². The quantitative estimate of drug-likeness (QED) is 0.802. The lowest BCUT2D eigenvalue weighted by molar-refractivity contribution is -0.00169. The van der Waals surface area contributed by atoms with Crippen molar-refractivity contribution in [1.82, 2.24) is 25.3 Å². The van der Waals surface area contributed by atoms with E-state index in [9.17, 15) is 4.79 Å². The number of likely N-dealkylation sites (tertiary alicyclic amines) is 1. The molecule has 0 spiro atoms. The molecule has 1 fully saturated rings. The molecule has 0 aromatic carbocycles. The first-order valence-corrected chi connectivity index (χ1v) is 9.46. The van der Waals surface area contributed by atoms with Gasteiger partial charge >= 0.3 is 6.03 Å². The Kier molecular flexibility index (Phi) is 6.75. The molecule has 0 saturated carbocycles. The molecule has 1 aliphatic rings. The van der Waals surface area contributed by atoms with Gasteiger partial charge in [0.2, 0.25) is 5.89 Å². The predicted molar refractivity (Wildman–Crippen MR) is 98.7 cm³/mol. The van der Waals surface area contributed by atoms with Gasteiger partial charge in [-0.1, -0.05) is 25.1 Å². The molecule has 3 heterocycles. The van der Waals surface area contributed by atoms with E-state index in [1.807, 2.05) is 18.2 Å². The third kappa shape index (κ3) is 6.02. The van der Waals surface area contributed by atoms with Crippen LogP contribution in [0.1, 0.15) is 44.1 Å². The first kappa shape index (κ1) is 19.3. The van der Waals surface area contributed by atoms with Crippen molar-refractivity contribution >= 4 is 6.03 Å². The summed E-state index contributed by atoms with van der Waals surface area (Å²) in [6.07, 6.45) is 4.38. The monoisotopic (exact) mass is 373 g/mol. The van der Waals surface area contributed by atoms with Crippen LogP contribution in [0, 0.1) is 5.92 Å². The van der Waals surface area contributed by atoms with E-state index in [0.29, 0.717) is 30.8 Å². The number of rotatable bonds is 7. The number of amides is 2. The lowest BCUT2D eigenvalue weighted by Crippen LogP contribution is -2.47. The summed E-state index contributed by atoms with van der Waals surface area (Å²) in [7, 11) is 0. The van der Waals surface area contributed by atoms with Crippen LogP contribution in [-0.2, 0) is 24.3 Å². The van der Waals surface area contributed by atoms with E-state index >= 15 is 0 Å². The number of urea groups is 1. The Labute approximate surface area is 159 Å². The largest absolute Gasteiger partial charge is 0.370 e. The Hall–Kier alpha value is -2.48. The zero-order valence-electron chi connectivity index (χ0n) is 15.9. The highest BCUT2D eigenvalue weighted by atomic mass is 16.5.